The minimum Gasteiger partial charge on any atom is -0.437 e. The fourth-order valence-electron chi connectivity index (χ4n) is 2.39. The molecule has 0 radical (unpaired) electrons. The normalized spacial score (nSPS) is 22.6. The Balaban J connectivity index is 2.64. The Hall–Kier alpha value is -2.11. The maximum absolute atomic E-state index is 12.2. The standard InChI is InChI=1S/C19H22O2/c1-7-9-10-11-12-15(8-2)21-18(20)17-16(13-14(3)4)19(17,5)6/h1-2,13,15-17H,9-10H2,3-6H3. The van der Waals surface area contributed by atoms with Crippen LogP contribution in [0.25, 0.3) is 0 Å². The Labute approximate surface area is 128 Å². The predicted molar refractivity (Wildman–Crippen MR) is 84.7 cm³/mol. The highest BCUT2D eigenvalue weighted by Gasteiger charge is 2.61. The van der Waals surface area contributed by atoms with Crippen molar-refractivity contribution >= 4 is 5.97 Å². The van der Waals surface area contributed by atoms with E-state index in [1.165, 1.54) is 5.57 Å². The lowest BCUT2D eigenvalue weighted by molar-refractivity contribution is -0.147. The van der Waals surface area contributed by atoms with Gasteiger partial charge < -0.3 is 4.74 Å². The summed E-state index contributed by atoms with van der Waals surface area (Å²) < 4.78 is 5.32. The molecular formula is C19H22O2. The monoisotopic (exact) mass is 282 g/mol. The van der Waals surface area contributed by atoms with Crippen LogP contribution in [0.5, 0.6) is 0 Å². The van der Waals surface area contributed by atoms with Crippen LogP contribution < -0.4 is 0 Å². The molecule has 3 unspecified atom stereocenters. The van der Waals surface area contributed by atoms with E-state index in [1.807, 2.05) is 13.8 Å². The van der Waals surface area contributed by atoms with Gasteiger partial charge in [-0.1, -0.05) is 31.4 Å². The second kappa shape index (κ2) is 7.06. The average Bonchev–Trinajstić information content (AvgIpc) is 2.93. The van der Waals surface area contributed by atoms with Gasteiger partial charge in [0.15, 0.2) is 0 Å². The molecule has 2 nitrogen and oxygen atoms in total. The first kappa shape index (κ1) is 16.9. The highest BCUT2D eigenvalue weighted by atomic mass is 16.5. The SMILES string of the molecule is C#CCCC#CC(C#C)OC(=O)C1C(C=C(C)C)C1(C)C. The smallest absolute Gasteiger partial charge is 0.312 e. The molecule has 110 valence electrons. The number of hydrogen-bond donors (Lipinski definition) is 0. The zero-order chi connectivity index (χ0) is 16.0. The molecule has 3 atom stereocenters. The molecule has 0 spiro atoms. The molecule has 1 aliphatic carbocycles. The van der Waals surface area contributed by atoms with E-state index in [9.17, 15) is 4.79 Å². The van der Waals surface area contributed by atoms with Crippen LogP contribution in [0, 0.1) is 53.8 Å². The number of carbonyl (C=O) groups is 1. The van der Waals surface area contributed by atoms with Gasteiger partial charge in [-0.15, -0.1) is 18.8 Å². The van der Waals surface area contributed by atoms with E-state index >= 15 is 0 Å². The number of allylic oxidation sites excluding steroid dienone is 2. The summed E-state index contributed by atoms with van der Waals surface area (Å²) in [6, 6.07) is 0. The van der Waals surface area contributed by atoms with Gasteiger partial charge in [-0.25, -0.2) is 0 Å². The number of ether oxygens (including phenoxy) is 1. The molecule has 1 saturated carbocycles. The number of unbranched alkanes of at least 4 members (excludes halogenated alkanes) is 1. The second-order valence-electron chi connectivity index (χ2n) is 6.08. The van der Waals surface area contributed by atoms with Crippen LogP contribution in [0.2, 0.25) is 0 Å². The lowest BCUT2D eigenvalue weighted by Gasteiger charge is -2.07. The fraction of sp³-hybridized carbons (Fsp3) is 0.526. The quantitative estimate of drug-likeness (QED) is 0.342. The molecule has 21 heavy (non-hydrogen) atoms. The first-order valence-corrected chi connectivity index (χ1v) is 7.08. The van der Waals surface area contributed by atoms with Crippen LogP contribution in [0.4, 0.5) is 0 Å². The minimum absolute atomic E-state index is 0.0790. The summed E-state index contributed by atoms with van der Waals surface area (Å²) in [7, 11) is 0. The third kappa shape index (κ3) is 4.44. The van der Waals surface area contributed by atoms with Gasteiger partial charge in [0, 0.05) is 12.8 Å². The lowest BCUT2D eigenvalue weighted by Crippen LogP contribution is -2.18. The summed E-state index contributed by atoms with van der Waals surface area (Å²) in [4.78, 5) is 12.2. The van der Waals surface area contributed by atoms with Gasteiger partial charge in [0.05, 0.1) is 5.92 Å². The van der Waals surface area contributed by atoms with Crippen LogP contribution in [-0.4, -0.2) is 12.1 Å². The Kier molecular flexibility index (Phi) is 5.69. The first-order valence-electron chi connectivity index (χ1n) is 7.08. The van der Waals surface area contributed by atoms with Crippen molar-refractivity contribution in [3.63, 3.8) is 0 Å². The van der Waals surface area contributed by atoms with Crippen molar-refractivity contribution in [1.82, 2.24) is 0 Å². The van der Waals surface area contributed by atoms with Crippen molar-refractivity contribution in [3.8, 4) is 36.5 Å². The van der Waals surface area contributed by atoms with Crippen molar-refractivity contribution in [1.29, 1.82) is 0 Å². The van der Waals surface area contributed by atoms with Gasteiger partial charge in [-0.2, -0.15) is 0 Å². The molecule has 0 aromatic rings. The number of rotatable bonds is 4. The van der Waals surface area contributed by atoms with Gasteiger partial charge in [0.1, 0.15) is 0 Å². The highest BCUT2D eigenvalue weighted by Crippen LogP contribution is 2.59. The van der Waals surface area contributed by atoms with Gasteiger partial charge in [-0.05, 0) is 37.0 Å². The van der Waals surface area contributed by atoms with E-state index in [0.29, 0.717) is 12.8 Å². The average molecular weight is 282 g/mol. The molecule has 0 bridgehead atoms. The van der Waals surface area contributed by atoms with E-state index < -0.39 is 6.10 Å². The predicted octanol–water partition coefficient (Wildman–Crippen LogP) is 3.19. The summed E-state index contributed by atoms with van der Waals surface area (Å²) in [5.41, 5.74) is 1.12. The molecule has 0 aliphatic heterocycles. The molecule has 0 heterocycles. The van der Waals surface area contributed by atoms with Crippen LogP contribution in [0.15, 0.2) is 11.6 Å². The molecule has 0 saturated heterocycles. The Morgan fingerprint density at radius 1 is 1.33 bits per heavy atom. The van der Waals surface area contributed by atoms with Crippen LogP contribution >= 0.6 is 0 Å². The van der Waals surface area contributed by atoms with Crippen molar-refractivity contribution in [3.05, 3.63) is 11.6 Å². The Morgan fingerprint density at radius 2 is 2.00 bits per heavy atom. The van der Waals surface area contributed by atoms with Crippen molar-refractivity contribution in [2.75, 3.05) is 0 Å². The van der Waals surface area contributed by atoms with Crippen molar-refractivity contribution in [2.24, 2.45) is 17.3 Å². The van der Waals surface area contributed by atoms with Gasteiger partial charge >= 0.3 is 5.97 Å². The van der Waals surface area contributed by atoms with Crippen molar-refractivity contribution in [2.45, 2.75) is 46.6 Å². The summed E-state index contributed by atoms with van der Waals surface area (Å²) in [5.74, 6) is 10.3. The maximum atomic E-state index is 12.2. The third-order valence-electron chi connectivity index (χ3n) is 3.69. The van der Waals surface area contributed by atoms with E-state index in [1.54, 1.807) is 0 Å². The van der Waals surface area contributed by atoms with E-state index in [0.717, 1.165) is 0 Å². The largest absolute Gasteiger partial charge is 0.437 e. The highest BCUT2D eigenvalue weighted by molar-refractivity contribution is 5.79. The van der Waals surface area contributed by atoms with E-state index in [2.05, 4.69) is 43.6 Å². The van der Waals surface area contributed by atoms with Gasteiger partial charge in [0.25, 0.3) is 0 Å². The Morgan fingerprint density at radius 3 is 2.52 bits per heavy atom. The van der Waals surface area contributed by atoms with Crippen LogP contribution in [0.1, 0.15) is 40.5 Å². The number of esters is 1. The van der Waals surface area contributed by atoms with E-state index in [4.69, 9.17) is 17.6 Å². The van der Waals surface area contributed by atoms with Gasteiger partial charge in [-0.3, -0.25) is 4.79 Å². The Bertz CT molecular complexity index is 565. The number of carbonyl (C=O) groups excluding carboxylic acids is 1. The number of hydrogen-bond acceptors (Lipinski definition) is 2. The molecule has 1 fully saturated rings. The lowest BCUT2D eigenvalue weighted by atomic mass is 10.1. The molecule has 0 aromatic heterocycles. The van der Waals surface area contributed by atoms with E-state index in [-0.39, 0.29) is 23.2 Å². The molecule has 2 heteroatoms. The first-order chi connectivity index (χ1) is 9.84. The maximum Gasteiger partial charge on any atom is 0.312 e. The molecule has 1 aliphatic rings. The van der Waals surface area contributed by atoms with Crippen LogP contribution in [-0.2, 0) is 9.53 Å². The summed E-state index contributed by atoms with van der Waals surface area (Å²) in [5, 5.41) is 0. The second-order valence-corrected chi connectivity index (χ2v) is 6.08. The number of terminal acetylenes is 2. The zero-order valence-electron chi connectivity index (χ0n) is 13.2. The molecular weight excluding hydrogens is 260 g/mol. The van der Waals surface area contributed by atoms with Crippen molar-refractivity contribution < 1.29 is 9.53 Å². The third-order valence-corrected chi connectivity index (χ3v) is 3.69. The fourth-order valence-corrected chi connectivity index (χ4v) is 2.39. The summed E-state index contributed by atoms with van der Waals surface area (Å²) in [6.45, 7) is 8.18. The molecule has 0 amide bonds. The topological polar surface area (TPSA) is 26.3 Å². The van der Waals surface area contributed by atoms with Gasteiger partial charge in [0.2, 0.25) is 6.10 Å². The molecule has 0 aromatic carbocycles. The van der Waals surface area contributed by atoms with Crippen LogP contribution in [0.3, 0.4) is 0 Å². The summed E-state index contributed by atoms with van der Waals surface area (Å²) in [6.07, 6.45) is 13.0. The summed E-state index contributed by atoms with van der Waals surface area (Å²) >= 11 is 0. The zero-order valence-corrected chi connectivity index (χ0v) is 13.2. The molecule has 1 rings (SSSR count). The molecule has 0 N–H and O–H groups in total. The minimum atomic E-state index is -0.793.